The van der Waals surface area contributed by atoms with Gasteiger partial charge in [0.15, 0.2) is 6.61 Å². The summed E-state index contributed by atoms with van der Waals surface area (Å²) in [7, 11) is 1.66. The molecule has 1 aliphatic heterocycles. The van der Waals surface area contributed by atoms with Gasteiger partial charge in [0, 0.05) is 31.9 Å². The lowest BCUT2D eigenvalue weighted by Gasteiger charge is -2.36. The number of carbonyl (C=O) groups is 1. The van der Waals surface area contributed by atoms with Gasteiger partial charge < -0.3 is 24.0 Å². The molecule has 166 valence electrons. The van der Waals surface area contributed by atoms with Gasteiger partial charge in [-0.2, -0.15) is 0 Å². The van der Waals surface area contributed by atoms with Gasteiger partial charge >= 0.3 is 0 Å². The van der Waals surface area contributed by atoms with Crippen LogP contribution in [0, 0.1) is 0 Å². The molecule has 4 rings (SSSR count). The first-order chi connectivity index (χ1) is 15.7. The van der Waals surface area contributed by atoms with E-state index in [0.29, 0.717) is 25.4 Å². The lowest BCUT2D eigenvalue weighted by Crippen LogP contribution is -2.50. The molecule has 0 aromatic heterocycles. The van der Waals surface area contributed by atoms with Gasteiger partial charge in [-0.3, -0.25) is 4.79 Å². The summed E-state index contributed by atoms with van der Waals surface area (Å²) in [6, 6.07) is 25.4. The Morgan fingerprint density at radius 3 is 1.97 bits per heavy atom. The fourth-order valence-electron chi connectivity index (χ4n) is 3.62. The van der Waals surface area contributed by atoms with E-state index in [0.717, 1.165) is 35.8 Å². The van der Waals surface area contributed by atoms with Crippen molar-refractivity contribution >= 4 is 11.6 Å². The van der Waals surface area contributed by atoms with Crippen LogP contribution in [0.2, 0.25) is 0 Å². The second-order valence-corrected chi connectivity index (χ2v) is 7.60. The predicted molar refractivity (Wildman–Crippen MR) is 124 cm³/mol. The van der Waals surface area contributed by atoms with Crippen molar-refractivity contribution in [3.63, 3.8) is 0 Å². The van der Waals surface area contributed by atoms with Crippen LogP contribution in [0.5, 0.6) is 17.2 Å². The van der Waals surface area contributed by atoms with Crippen molar-refractivity contribution in [2.24, 2.45) is 0 Å². The van der Waals surface area contributed by atoms with Crippen molar-refractivity contribution < 1.29 is 19.0 Å². The van der Waals surface area contributed by atoms with Crippen LogP contribution >= 0.6 is 0 Å². The van der Waals surface area contributed by atoms with Crippen molar-refractivity contribution in [1.82, 2.24) is 4.90 Å². The molecule has 3 aromatic rings. The largest absolute Gasteiger partial charge is 0.497 e. The fraction of sp³-hybridized carbons (Fsp3) is 0.269. The third-order valence-electron chi connectivity index (χ3n) is 5.50. The van der Waals surface area contributed by atoms with Crippen molar-refractivity contribution in [2.45, 2.75) is 6.61 Å². The van der Waals surface area contributed by atoms with Gasteiger partial charge in [-0.25, -0.2) is 0 Å². The van der Waals surface area contributed by atoms with Crippen molar-refractivity contribution in [3.8, 4) is 17.2 Å². The number of amides is 1. The summed E-state index contributed by atoms with van der Waals surface area (Å²) in [5.74, 6) is 2.27. The van der Waals surface area contributed by atoms with Gasteiger partial charge in [-0.15, -0.1) is 0 Å². The number of hydrogen-bond acceptors (Lipinski definition) is 5. The second-order valence-electron chi connectivity index (χ2n) is 7.60. The summed E-state index contributed by atoms with van der Waals surface area (Å²) in [5, 5.41) is 0. The Hall–Kier alpha value is -3.67. The SMILES string of the molecule is COc1ccc(N2CCN(C(=O)COc3ccc(OCc4ccccc4)cc3)CC2)cc1. The number of anilines is 1. The Morgan fingerprint density at radius 2 is 1.34 bits per heavy atom. The standard InChI is InChI=1S/C26H28N2O4/c1-30-23-9-7-22(8-10-23)27-15-17-28(18-16-27)26(29)20-32-25-13-11-24(12-14-25)31-19-21-5-3-2-4-6-21/h2-14H,15-20H2,1H3. The molecule has 0 aliphatic carbocycles. The highest BCUT2D eigenvalue weighted by Gasteiger charge is 2.21. The first-order valence-electron chi connectivity index (χ1n) is 10.8. The zero-order chi connectivity index (χ0) is 22.2. The van der Waals surface area contributed by atoms with Gasteiger partial charge in [0.2, 0.25) is 0 Å². The molecule has 32 heavy (non-hydrogen) atoms. The predicted octanol–water partition coefficient (Wildman–Crippen LogP) is 4.00. The Labute approximate surface area is 188 Å². The number of carbonyl (C=O) groups excluding carboxylic acids is 1. The molecular weight excluding hydrogens is 404 g/mol. The van der Waals surface area contributed by atoms with E-state index in [1.165, 1.54) is 0 Å². The minimum atomic E-state index is 0.00350. The molecule has 0 radical (unpaired) electrons. The summed E-state index contributed by atoms with van der Waals surface area (Å²) >= 11 is 0. The van der Waals surface area contributed by atoms with E-state index in [1.807, 2.05) is 83.8 Å². The van der Waals surface area contributed by atoms with E-state index in [9.17, 15) is 4.79 Å². The number of piperazine rings is 1. The number of hydrogen-bond donors (Lipinski definition) is 0. The van der Waals surface area contributed by atoms with E-state index in [1.54, 1.807) is 7.11 Å². The van der Waals surface area contributed by atoms with Gasteiger partial charge in [-0.1, -0.05) is 30.3 Å². The Morgan fingerprint density at radius 1 is 0.750 bits per heavy atom. The van der Waals surface area contributed by atoms with Crippen LogP contribution < -0.4 is 19.1 Å². The molecule has 0 spiro atoms. The van der Waals surface area contributed by atoms with Gasteiger partial charge in [0.25, 0.3) is 5.91 Å². The smallest absolute Gasteiger partial charge is 0.260 e. The maximum Gasteiger partial charge on any atom is 0.260 e. The zero-order valence-corrected chi connectivity index (χ0v) is 18.3. The van der Waals surface area contributed by atoms with E-state index >= 15 is 0 Å². The third kappa shape index (κ3) is 5.72. The normalized spacial score (nSPS) is 13.5. The number of benzene rings is 3. The maximum atomic E-state index is 12.6. The van der Waals surface area contributed by atoms with E-state index in [2.05, 4.69) is 4.90 Å². The molecule has 0 unspecified atom stereocenters. The highest BCUT2D eigenvalue weighted by molar-refractivity contribution is 5.78. The molecule has 0 saturated carbocycles. The average molecular weight is 433 g/mol. The summed E-state index contributed by atoms with van der Waals surface area (Å²) < 4.78 is 16.7. The molecule has 6 nitrogen and oxygen atoms in total. The average Bonchev–Trinajstić information content (AvgIpc) is 2.87. The fourth-order valence-corrected chi connectivity index (χ4v) is 3.62. The van der Waals surface area contributed by atoms with E-state index < -0.39 is 0 Å². The molecule has 1 aliphatic rings. The number of methoxy groups -OCH3 is 1. The Kier molecular flexibility index (Phi) is 7.12. The van der Waals surface area contributed by atoms with Crippen LogP contribution in [0.1, 0.15) is 5.56 Å². The van der Waals surface area contributed by atoms with Gasteiger partial charge in [0.1, 0.15) is 23.9 Å². The first kappa shape index (κ1) is 21.6. The van der Waals surface area contributed by atoms with Crippen LogP contribution in [0.3, 0.4) is 0 Å². The van der Waals surface area contributed by atoms with Crippen LogP contribution in [-0.4, -0.2) is 50.7 Å². The Bertz CT molecular complexity index is 983. The molecule has 1 saturated heterocycles. The number of ether oxygens (including phenoxy) is 3. The molecule has 1 heterocycles. The van der Waals surface area contributed by atoms with Crippen molar-refractivity contribution in [3.05, 3.63) is 84.4 Å². The summed E-state index contributed by atoms with van der Waals surface area (Å²) in [4.78, 5) is 16.7. The molecular formula is C26H28N2O4. The lowest BCUT2D eigenvalue weighted by atomic mass is 10.2. The van der Waals surface area contributed by atoms with E-state index in [-0.39, 0.29) is 12.5 Å². The highest BCUT2D eigenvalue weighted by atomic mass is 16.5. The third-order valence-corrected chi connectivity index (χ3v) is 5.50. The maximum absolute atomic E-state index is 12.6. The molecule has 0 atom stereocenters. The molecule has 0 N–H and O–H groups in total. The van der Waals surface area contributed by atoms with Crippen molar-refractivity contribution in [2.75, 3.05) is 44.8 Å². The molecule has 1 fully saturated rings. The lowest BCUT2D eigenvalue weighted by molar-refractivity contribution is -0.133. The minimum Gasteiger partial charge on any atom is -0.497 e. The van der Waals surface area contributed by atoms with Crippen molar-refractivity contribution in [1.29, 1.82) is 0 Å². The molecule has 3 aromatic carbocycles. The summed E-state index contributed by atoms with van der Waals surface area (Å²) in [6.45, 7) is 3.51. The molecule has 0 bridgehead atoms. The summed E-state index contributed by atoms with van der Waals surface area (Å²) in [5.41, 5.74) is 2.26. The number of rotatable bonds is 8. The number of nitrogens with zero attached hydrogens (tertiary/aromatic N) is 2. The zero-order valence-electron chi connectivity index (χ0n) is 18.3. The van der Waals surface area contributed by atoms with Crippen LogP contribution in [0.4, 0.5) is 5.69 Å². The molecule has 1 amide bonds. The topological polar surface area (TPSA) is 51.2 Å². The van der Waals surface area contributed by atoms with Crippen LogP contribution in [0.25, 0.3) is 0 Å². The second kappa shape index (κ2) is 10.6. The van der Waals surface area contributed by atoms with Gasteiger partial charge in [-0.05, 0) is 54.1 Å². The van der Waals surface area contributed by atoms with Gasteiger partial charge in [0.05, 0.1) is 7.11 Å². The minimum absolute atomic E-state index is 0.00350. The Balaban J connectivity index is 1.20. The first-order valence-corrected chi connectivity index (χ1v) is 10.8. The summed E-state index contributed by atoms with van der Waals surface area (Å²) in [6.07, 6.45) is 0. The molecule has 6 heteroatoms. The monoisotopic (exact) mass is 432 g/mol. The highest BCUT2D eigenvalue weighted by Crippen LogP contribution is 2.21. The van der Waals surface area contributed by atoms with E-state index in [4.69, 9.17) is 14.2 Å². The van der Waals surface area contributed by atoms with Crippen LogP contribution in [0.15, 0.2) is 78.9 Å². The van der Waals surface area contributed by atoms with Crippen LogP contribution in [-0.2, 0) is 11.4 Å². The quantitative estimate of drug-likeness (QED) is 0.539.